The quantitative estimate of drug-likeness (QED) is 0.737. The number of ether oxygens (including phenoxy) is 2. The van der Waals surface area contributed by atoms with Crippen molar-refractivity contribution in [3.8, 4) is 5.75 Å². The van der Waals surface area contributed by atoms with E-state index >= 15 is 0 Å². The Bertz CT molecular complexity index is 592. The van der Waals surface area contributed by atoms with Crippen LogP contribution in [0.25, 0.3) is 0 Å². The molecule has 1 aromatic heterocycles. The molecule has 0 radical (unpaired) electrons. The van der Waals surface area contributed by atoms with Gasteiger partial charge in [-0.2, -0.15) is 0 Å². The summed E-state index contributed by atoms with van der Waals surface area (Å²) < 4.78 is 10.7. The summed E-state index contributed by atoms with van der Waals surface area (Å²) in [6.45, 7) is 4.29. The molecule has 1 aromatic carbocycles. The standard InChI is InChI=1S/C16H19NO3S/c1-11-15(21-10-17-11)8-9-20-12(2)16(18)13-4-6-14(19-3)7-5-13/h4-7,10,12H,8-9H2,1-3H3. The van der Waals surface area contributed by atoms with Crippen LogP contribution in [-0.2, 0) is 11.2 Å². The second-order valence-electron chi connectivity index (χ2n) is 4.72. The van der Waals surface area contributed by atoms with E-state index in [1.165, 1.54) is 4.88 Å². The molecule has 0 aliphatic heterocycles. The molecule has 1 atom stereocenters. The summed E-state index contributed by atoms with van der Waals surface area (Å²) in [6.07, 6.45) is 0.336. The molecule has 0 N–H and O–H groups in total. The summed E-state index contributed by atoms with van der Waals surface area (Å²) in [6, 6.07) is 7.07. The summed E-state index contributed by atoms with van der Waals surface area (Å²) >= 11 is 1.62. The molecular weight excluding hydrogens is 286 g/mol. The highest BCUT2D eigenvalue weighted by atomic mass is 32.1. The van der Waals surface area contributed by atoms with Gasteiger partial charge in [0, 0.05) is 16.9 Å². The lowest BCUT2D eigenvalue weighted by molar-refractivity contribution is 0.0488. The van der Waals surface area contributed by atoms with Crippen LogP contribution in [0.1, 0.15) is 27.9 Å². The van der Waals surface area contributed by atoms with E-state index < -0.39 is 6.10 Å². The van der Waals surface area contributed by atoms with Crippen molar-refractivity contribution in [3.05, 3.63) is 45.9 Å². The van der Waals surface area contributed by atoms with Gasteiger partial charge in [-0.3, -0.25) is 4.79 Å². The third-order valence-corrected chi connectivity index (χ3v) is 4.28. The third-order valence-electron chi connectivity index (χ3n) is 3.29. The Morgan fingerprint density at radius 1 is 1.33 bits per heavy atom. The minimum atomic E-state index is -0.452. The van der Waals surface area contributed by atoms with E-state index in [0.29, 0.717) is 12.2 Å². The maximum absolute atomic E-state index is 12.2. The molecule has 0 bridgehead atoms. The Morgan fingerprint density at radius 3 is 2.62 bits per heavy atom. The Kier molecular flexibility index (Phi) is 5.47. The first-order valence-corrected chi connectivity index (χ1v) is 7.68. The predicted molar refractivity (Wildman–Crippen MR) is 83.3 cm³/mol. The molecule has 0 aliphatic carbocycles. The highest BCUT2D eigenvalue weighted by molar-refractivity contribution is 7.09. The molecule has 4 nitrogen and oxygen atoms in total. The first kappa shape index (κ1) is 15.7. The Balaban J connectivity index is 1.85. The second kappa shape index (κ2) is 7.33. The number of aromatic nitrogens is 1. The minimum Gasteiger partial charge on any atom is -0.497 e. The van der Waals surface area contributed by atoms with Gasteiger partial charge in [0.2, 0.25) is 0 Å². The highest BCUT2D eigenvalue weighted by Crippen LogP contribution is 2.15. The summed E-state index contributed by atoms with van der Waals surface area (Å²) in [5, 5.41) is 0. The van der Waals surface area contributed by atoms with E-state index in [4.69, 9.17) is 9.47 Å². The fourth-order valence-corrected chi connectivity index (χ4v) is 2.72. The number of Topliss-reactive ketones (excluding diaryl/α,β-unsaturated/α-hetero) is 1. The van der Waals surface area contributed by atoms with Gasteiger partial charge in [0.15, 0.2) is 5.78 Å². The van der Waals surface area contributed by atoms with Crippen LogP contribution in [-0.4, -0.2) is 30.6 Å². The zero-order valence-corrected chi connectivity index (χ0v) is 13.3. The van der Waals surface area contributed by atoms with Crippen LogP contribution < -0.4 is 4.74 Å². The van der Waals surface area contributed by atoms with Crippen LogP contribution in [0, 0.1) is 6.92 Å². The molecule has 2 aromatic rings. The molecule has 0 fully saturated rings. The van der Waals surface area contributed by atoms with Gasteiger partial charge in [-0.15, -0.1) is 11.3 Å². The van der Waals surface area contributed by atoms with Crippen molar-refractivity contribution in [1.29, 1.82) is 0 Å². The maximum Gasteiger partial charge on any atom is 0.191 e. The van der Waals surface area contributed by atoms with E-state index in [1.807, 2.05) is 12.4 Å². The topological polar surface area (TPSA) is 48.4 Å². The highest BCUT2D eigenvalue weighted by Gasteiger charge is 2.16. The van der Waals surface area contributed by atoms with Crippen LogP contribution in [0.3, 0.4) is 0 Å². The predicted octanol–water partition coefficient (Wildman–Crippen LogP) is 3.29. The lowest BCUT2D eigenvalue weighted by Crippen LogP contribution is -2.22. The molecule has 1 heterocycles. The molecule has 1 unspecified atom stereocenters. The lowest BCUT2D eigenvalue weighted by Gasteiger charge is -2.12. The van der Waals surface area contributed by atoms with E-state index in [9.17, 15) is 4.79 Å². The van der Waals surface area contributed by atoms with Crippen LogP contribution in [0.15, 0.2) is 29.8 Å². The van der Waals surface area contributed by atoms with Gasteiger partial charge in [0.1, 0.15) is 11.9 Å². The van der Waals surface area contributed by atoms with Gasteiger partial charge < -0.3 is 9.47 Å². The summed E-state index contributed by atoms with van der Waals surface area (Å²) in [7, 11) is 1.60. The molecule has 0 spiro atoms. The smallest absolute Gasteiger partial charge is 0.191 e. The average molecular weight is 305 g/mol. The first-order valence-electron chi connectivity index (χ1n) is 6.80. The van der Waals surface area contributed by atoms with Crippen molar-refractivity contribution < 1.29 is 14.3 Å². The van der Waals surface area contributed by atoms with E-state index in [0.717, 1.165) is 17.9 Å². The van der Waals surface area contributed by atoms with Gasteiger partial charge >= 0.3 is 0 Å². The van der Waals surface area contributed by atoms with Crippen molar-refractivity contribution in [3.63, 3.8) is 0 Å². The maximum atomic E-state index is 12.2. The Hall–Kier alpha value is -1.72. The molecule has 21 heavy (non-hydrogen) atoms. The summed E-state index contributed by atoms with van der Waals surface area (Å²) in [5.41, 5.74) is 3.51. The van der Waals surface area contributed by atoms with Gasteiger partial charge in [0.05, 0.1) is 24.9 Å². The zero-order chi connectivity index (χ0) is 15.2. The van der Waals surface area contributed by atoms with Crippen molar-refractivity contribution >= 4 is 17.1 Å². The molecule has 2 rings (SSSR count). The van der Waals surface area contributed by atoms with Crippen LogP contribution in [0.5, 0.6) is 5.75 Å². The first-order chi connectivity index (χ1) is 10.1. The second-order valence-corrected chi connectivity index (χ2v) is 5.66. The fourth-order valence-electron chi connectivity index (χ4n) is 1.96. The lowest BCUT2D eigenvalue weighted by atomic mass is 10.1. The van der Waals surface area contributed by atoms with Crippen molar-refractivity contribution in [2.24, 2.45) is 0 Å². The van der Waals surface area contributed by atoms with Gasteiger partial charge in [0.25, 0.3) is 0 Å². The minimum absolute atomic E-state index is 0.0151. The average Bonchev–Trinajstić information content (AvgIpc) is 2.92. The van der Waals surface area contributed by atoms with Crippen LogP contribution in [0.2, 0.25) is 0 Å². The van der Waals surface area contributed by atoms with E-state index in [1.54, 1.807) is 49.6 Å². The van der Waals surface area contributed by atoms with Crippen molar-refractivity contribution in [1.82, 2.24) is 4.98 Å². The third kappa shape index (κ3) is 4.12. The number of carbonyl (C=O) groups is 1. The molecule has 0 saturated carbocycles. The molecule has 5 heteroatoms. The number of carbonyl (C=O) groups excluding carboxylic acids is 1. The molecule has 0 saturated heterocycles. The fraction of sp³-hybridized carbons (Fsp3) is 0.375. The van der Waals surface area contributed by atoms with Crippen molar-refractivity contribution in [2.45, 2.75) is 26.4 Å². The zero-order valence-electron chi connectivity index (χ0n) is 12.5. The number of methoxy groups -OCH3 is 1. The SMILES string of the molecule is COc1ccc(C(=O)C(C)OCCc2scnc2C)cc1. The molecule has 0 amide bonds. The van der Waals surface area contributed by atoms with Crippen LogP contribution in [0.4, 0.5) is 0 Å². The van der Waals surface area contributed by atoms with Gasteiger partial charge in [-0.1, -0.05) is 0 Å². The monoisotopic (exact) mass is 305 g/mol. The van der Waals surface area contributed by atoms with Crippen molar-refractivity contribution in [2.75, 3.05) is 13.7 Å². The number of rotatable bonds is 7. The molecule has 112 valence electrons. The summed E-state index contributed by atoms with van der Waals surface area (Å²) in [5.74, 6) is 0.722. The number of thiazole rings is 1. The number of hydrogen-bond donors (Lipinski definition) is 0. The van der Waals surface area contributed by atoms with E-state index in [2.05, 4.69) is 4.98 Å². The number of nitrogens with zero attached hydrogens (tertiary/aromatic N) is 1. The van der Waals surface area contributed by atoms with Gasteiger partial charge in [-0.05, 0) is 38.1 Å². The normalized spacial score (nSPS) is 12.1. The number of benzene rings is 1. The number of hydrogen-bond acceptors (Lipinski definition) is 5. The Morgan fingerprint density at radius 2 is 2.05 bits per heavy atom. The number of aryl methyl sites for hydroxylation is 1. The number of ketones is 1. The molecule has 0 aliphatic rings. The van der Waals surface area contributed by atoms with Gasteiger partial charge in [-0.25, -0.2) is 4.98 Å². The Labute approximate surface area is 128 Å². The van der Waals surface area contributed by atoms with Crippen LogP contribution >= 0.6 is 11.3 Å². The summed E-state index contributed by atoms with van der Waals surface area (Å²) in [4.78, 5) is 17.6. The van der Waals surface area contributed by atoms with E-state index in [-0.39, 0.29) is 5.78 Å². The largest absolute Gasteiger partial charge is 0.497 e. The molecular formula is C16H19NO3S.